The van der Waals surface area contributed by atoms with E-state index in [0.717, 1.165) is 12.0 Å². The molecule has 106 valence electrons. The van der Waals surface area contributed by atoms with Crippen molar-refractivity contribution in [2.75, 3.05) is 13.2 Å². The molecule has 0 aromatic heterocycles. The van der Waals surface area contributed by atoms with E-state index in [9.17, 15) is 13.6 Å². The highest BCUT2D eigenvalue weighted by Crippen LogP contribution is 2.10. The van der Waals surface area contributed by atoms with E-state index in [4.69, 9.17) is 5.11 Å². The molecule has 5 heteroatoms. The number of hydrogen-bond donors (Lipinski definition) is 2. The van der Waals surface area contributed by atoms with E-state index in [1.165, 1.54) is 5.56 Å². The van der Waals surface area contributed by atoms with E-state index < -0.39 is 25.0 Å². The second-order valence-corrected chi connectivity index (χ2v) is 4.46. The van der Waals surface area contributed by atoms with E-state index in [0.29, 0.717) is 6.42 Å². The van der Waals surface area contributed by atoms with Gasteiger partial charge in [-0.15, -0.1) is 0 Å². The second kappa shape index (κ2) is 7.19. The summed E-state index contributed by atoms with van der Waals surface area (Å²) in [6, 6.07) is 7.86. The molecular weight excluding hydrogens is 252 g/mol. The highest BCUT2D eigenvalue weighted by atomic mass is 19.3. The normalized spacial score (nSPS) is 11.4. The third-order valence-electron chi connectivity index (χ3n) is 2.85. The second-order valence-electron chi connectivity index (χ2n) is 4.46. The van der Waals surface area contributed by atoms with Gasteiger partial charge >= 0.3 is 0 Å². The van der Waals surface area contributed by atoms with Crippen LogP contribution < -0.4 is 5.32 Å². The van der Waals surface area contributed by atoms with Gasteiger partial charge < -0.3 is 10.4 Å². The first-order chi connectivity index (χ1) is 8.96. The molecule has 0 saturated heterocycles. The monoisotopic (exact) mass is 271 g/mol. The van der Waals surface area contributed by atoms with Crippen LogP contribution in [0.4, 0.5) is 8.78 Å². The molecule has 0 aliphatic heterocycles. The number of aliphatic hydroxyl groups excluding tert-OH is 1. The van der Waals surface area contributed by atoms with Gasteiger partial charge in [0.15, 0.2) is 0 Å². The zero-order valence-corrected chi connectivity index (χ0v) is 11.0. The Labute approximate surface area is 111 Å². The molecule has 0 bridgehead atoms. The lowest BCUT2D eigenvalue weighted by Crippen LogP contribution is -2.39. The number of alkyl halides is 2. The van der Waals surface area contributed by atoms with Gasteiger partial charge in [-0.1, -0.05) is 31.2 Å². The quantitative estimate of drug-likeness (QED) is 0.796. The summed E-state index contributed by atoms with van der Waals surface area (Å²) in [5, 5.41) is 10.5. The summed E-state index contributed by atoms with van der Waals surface area (Å²) in [4.78, 5) is 11.4. The molecule has 0 unspecified atom stereocenters. The molecule has 0 aliphatic rings. The van der Waals surface area contributed by atoms with Crippen LogP contribution >= 0.6 is 0 Å². The van der Waals surface area contributed by atoms with Gasteiger partial charge in [0.1, 0.15) is 6.61 Å². The Morgan fingerprint density at radius 1 is 1.26 bits per heavy atom. The molecule has 0 atom stereocenters. The molecule has 1 aromatic rings. The fourth-order valence-electron chi connectivity index (χ4n) is 1.57. The zero-order valence-electron chi connectivity index (χ0n) is 11.0. The zero-order chi connectivity index (χ0) is 14.3. The molecule has 1 amide bonds. The van der Waals surface area contributed by atoms with E-state index in [1.54, 1.807) is 0 Å². The van der Waals surface area contributed by atoms with Crippen molar-refractivity contribution in [2.24, 2.45) is 0 Å². The summed E-state index contributed by atoms with van der Waals surface area (Å²) >= 11 is 0. The van der Waals surface area contributed by atoms with Crippen LogP contribution in [0.15, 0.2) is 24.3 Å². The first kappa shape index (κ1) is 15.6. The number of amides is 1. The maximum Gasteiger partial charge on any atom is 0.287 e. The predicted octanol–water partition coefficient (Wildman–Crippen LogP) is 1.93. The summed E-state index contributed by atoms with van der Waals surface area (Å²) < 4.78 is 25.4. The van der Waals surface area contributed by atoms with Crippen molar-refractivity contribution in [3.8, 4) is 0 Å². The maximum atomic E-state index is 12.7. The van der Waals surface area contributed by atoms with Crippen LogP contribution in [0.5, 0.6) is 0 Å². The Kier molecular flexibility index (Phi) is 5.89. The summed E-state index contributed by atoms with van der Waals surface area (Å²) in [7, 11) is 0. The lowest BCUT2D eigenvalue weighted by Gasteiger charge is -2.13. The van der Waals surface area contributed by atoms with Crippen LogP contribution in [0.1, 0.15) is 24.5 Å². The summed E-state index contributed by atoms with van der Waals surface area (Å²) in [5.74, 6) is -3.69. The van der Waals surface area contributed by atoms with Gasteiger partial charge in [-0.25, -0.2) is 8.78 Å². The van der Waals surface area contributed by atoms with E-state index in [2.05, 4.69) is 12.2 Å². The lowest BCUT2D eigenvalue weighted by molar-refractivity contribution is -0.124. The highest BCUT2D eigenvalue weighted by Gasteiger charge is 2.27. The van der Waals surface area contributed by atoms with Crippen LogP contribution in [0, 0.1) is 0 Å². The predicted molar refractivity (Wildman–Crippen MR) is 69.2 cm³/mol. The van der Waals surface area contributed by atoms with Crippen molar-refractivity contribution < 1.29 is 18.7 Å². The van der Waals surface area contributed by atoms with Crippen LogP contribution in [-0.4, -0.2) is 30.1 Å². The van der Waals surface area contributed by atoms with Gasteiger partial charge in [-0.2, -0.15) is 0 Å². The Balaban J connectivity index is 2.33. The molecule has 1 rings (SSSR count). The van der Waals surface area contributed by atoms with Gasteiger partial charge in [-0.05, 0) is 24.0 Å². The number of benzene rings is 1. The highest BCUT2D eigenvalue weighted by molar-refractivity contribution is 5.76. The largest absolute Gasteiger partial charge is 0.390 e. The minimum Gasteiger partial charge on any atom is -0.390 e. The van der Waals surface area contributed by atoms with Crippen molar-refractivity contribution in [1.29, 1.82) is 0 Å². The Morgan fingerprint density at radius 2 is 1.84 bits per heavy atom. The maximum absolute atomic E-state index is 12.7. The van der Waals surface area contributed by atoms with Gasteiger partial charge in [0.2, 0.25) is 5.91 Å². The molecule has 1 aromatic carbocycles. The number of nitrogens with one attached hydrogen (secondary N) is 1. The Bertz CT molecular complexity index is 404. The topological polar surface area (TPSA) is 49.3 Å². The standard InChI is InChI=1S/C14H19F2NO2/c1-2-11-3-5-12(6-4-11)7-8-13(19)17-9-14(15,16)10-18/h3-6,18H,2,7-10H2,1H3,(H,17,19). The van der Waals surface area contributed by atoms with Gasteiger partial charge in [-0.3, -0.25) is 4.79 Å². The number of hydrogen-bond acceptors (Lipinski definition) is 2. The van der Waals surface area contributed by atoms with E-state index in [1.807, 2.05) is 24.3 Å². The average molecular weight is 271 g/mol. The Hall–Kier alpha value is -1.49. The first-order valence-corrected chi connectivity index (χ1v) is 6.30. The molecule has 2 N–H and O–H groups in total. The number of halogens is 2. The smallest absolute Gasteiger partial charge is 0.287 e. The third kappa shape index (κ3) is 5.79. The molecule has 0 spiro atoms. The van der Waals surface area contributed by atoms with Crippen molar-refractivity contribution in [3.63, 3.8) is 0 Å². The summed E-state index contributed by atoms with van der Waals surface area (Å²) in [5.41, 5.74) is 2.22. The van der Waals surface area contributed by atoms with E-state index in [-0.39, 0.29) is 6.42 Å². The average Bonchev–Trinajstić information content (AvgIpc) is 2.43. The molecule has 0 radical (unpaired) electrons. The van der Waals surface area contributed by atoms with Crippen LogP contribution in [0.25, 0.3) is 0 Å². The molecule has 19 heavy (non-hydrogen) atoms. The number of aliphatic hydroxyl groups is 1. The minimum atomic E-state index is -3.25. The molecule has 0 heterocycles. The molecule has 0 saturated carbocycles. The van der Waals surface area contributed by atoms with E-state index >= 15 is 0 Å². The van der Waals surface area contributed by atoms with Crippen LogP contribution in [0.2, 0.25) is 0 Å². The van der Waals surface area contributed by atoms with Crippen LogP contribution in [-0.2, 0) is 17.6 Å². The van der Waals surface area contributed by atoms with Gasteiger partial charge in [0, 0.05) is 6.42 Å². The Morgan fingerprint density at radius 3 is 2.37 bits per heavy atom. The fraction of sp³-hybridized carbons (Fsp3) is 0.500. The molecular formula is C14H19F2NO2. The fourth-order valence-corrected chi connectivity index (χ4v) is 1.57. The van der Waals surface area contributed by atoms with Crippen molar-refractivity contribution in [1.82, 2.24) is 5.32 Å². The number of carbonyl (C=O) groups excluding carboxylic acids is 1. The summed E-state index contributed by atoms with van der Waals surface area (Å²) in [6.07, 6.45) is 1.63. The SMILES string of the molecule is CCc1ccc(CCC(=O)NCC(F)(F)CO)cc1. The number of rotatable bonds is 7. The lowest BCUT2D eigenvalue weighted by atomic mass is 10.1. The van der Waals surface area contributed by atoms with Crippen LogP contribution in [0.3, 0.4) is 0 Å². The number of carbonyl (C=O) groups is 1. The molecule has 0 fully saturated rings. The van der Waals surface area contributed by atoms with Crippen molar-refractivity contribution in [2.45, 2.75) is 32.1 Å². The molecule has 0 aliphatic carbocycles. The minimum absolute atomic E-state index is 0.160. The summed E-state index contributed by atoms with van der Waals surface area (Å²) in [6.45, 7) is -0.0212. The number of aryl methyl sites for hydroxylation is 2. The van der Waals surface area contributed by atoms with Crippen molar-refractivity contribution in [3.05, 3.63) is 35.4 Å². The van der Waals surface area contributed by atoms with Gasteiger partial charge in [0.25, 0.3) is 5.92 Å². The van der Waals surface area contributed by atoms with Gasteiger partial charge in [0.05, 0.1) is 6.54 Å². The first-order valence-electron chi connectivity index (χ1n) is 6.30. The third-order valence-corrected chi connectivity index (χ3v) is 2.85. The van der Waals surface area contributed by atoms with Crippen molar-refractivity contribution >= 4 is 5.91 Å². The molecule has 3 nitrogen and oxygen atoms in total.